The highest BCUT2D eigenvalue weighted by Gasteiger charge is 2.42. The Kier molecular flexibility index (Phi) is 9.13. The summed E-state index contributed by atoms with van der Waals surface area (Å²) in [5.74, 6) is -1.23. The normalized spacial score (nSPS) is 25.2. The first-order valence-electron chi connectivity index (χ1n) is 13.4. The van der Waals surface area contributed by atoms with Gasteiger partial charge in [-0.3, -0.25) is 14.5 Å². The SMILES string of the molecule is CCO[C@H]1CN(C2CCC(O)(c3ccc(C#N)cc3)CC2)C[C@@H]1NC(=O)CNC(=O)c1cccc(C(F)(F)F)c1. The van der Waals surface area contributed by atoms with Crippen LogP contribution in [0.15, 0.2) is 48.5 Å². The summed E-state index contributed by atoms with van der Waals surface area (Å²) >= 11 is 0. The minimum atomic E-state index is -4.57. The lowest BCUT2D eigenvalue weighted by Gasteiger charge is -2.40. The van der Waals surface area contributed by atoms with E-state index in [1.807, 2.05) is 6.92 Å². The molecule has 2 amide bonds. The maximum Gasteiger partial charge on any atom is 0.416 e. The second kappa shape index (κ2) is 12.4. The van der Waals surface area contributed by atoms with Gasteiger partial charge in [-0.2, -0.15) is 18.4 Å². The number of halogens is 3. The highest BCUT2D eigenvalue weighted by Crippen LogP contribution is 2.39. The second-order valence-electron chi connectivity index (χ2n) is 10.3. The number of likely N-dealkylation sites (tertiary alicyclic amines) is 1. The van der Waals surface area contributed by atoms with Crippen molar-refractivity contribution in [1.29, 1.82) is 5.26 Å². The number of rotatable bonds is 8. The smallest absolute Gasteiger partial charge is 0.385 e. The number of hydrogen-bond acceptors (Lipinski definition) is 6. The molecule has 214 valence electrons. The third-order valence-corrected chi connectivity index (χ3v) is 7.73. The van der Waals surface area contributed by atoms with Crippen LogP contribution in [0.1, 0.15) is 59.7 Å². The van der Waals surface area contributed by atoms with E-state index in [-0.39, 0.29) is 30.3 Å². The number of nitrogens with zero attached hydrogens (tertiary/aromatic N) is 2. The number of hydrogen-bond donors (Lipinski definition) is 3. The zero-order valence-electron chi connectivity index (χ0n) is 22.2. The van der Waals surface area contributed by atoms with Crippen molar-refractivity contribution in [2.24, 2.45) is 0 Å². The molecule has 0 spiro atoms. The minimum Gasteiger partial charge on any atom is -0.385 e. The molecular weight excluding hydrogens is 525 g/mol. The molecule has 2 aromatic rings. The van der Waals surface area contributed by atoms with Crippen molar-refractivity contribution in [3.05, 3.63) is 70.8 Å². The van der Waals surface area contributed by atoms with Crippen LogP contribution >= 0.6 is 0 Å². The van der Waals surface area contributed by atoms with E-state index in [2.05, 4.69) is 21.6 Å². The van der Waals surface area contributed by atoms with Crippen LogP contribution in [0.5, 0.6) is 0 Å². The lowest BCUT2D eigenvalue weighted by Crippen LogP contribution is -2.48. The van der Waals surface area contributed by atoms with Crippen LogP contribution in [0, 0.1) is 11.3 Å². The summed E-state index contributed by atoms with van der Waals surface area (Å²) < 4.78 is 44.7. The molecule has 11 heteroatoms. The molecule has 1 heterocycles. The quantitative estimate of drug-likeness (QED) is 0.458. The van der Waals surface area contributed by atoms with E-state index in [1.165, 1.54) is 6.07 Å². The van der Waals surface area contributed by atoms with E-state index in [0.29, 0.717) is 38.1 Å². The van der Waals surface area contributed by atoms with E-state index in [1.54, 1.807) is 24.3 Å². The Hall–Kier alpha value is -3.46. The summed E-state index contributed by atoms with van der Waals surface area (Å²) in [6.45, 7) is 3.09. The number of carbonyl (C=O) groups is 2. The first-order chi connectivity index (χ1) is 19.0. The lowest BCUT2D eigenvalue weighted by atomic mass is 9.77. The van der Waals surface area contributed by atoms with E-state index in [9.17, 15) is 27.9 Å². The lowest BCUT2D eigenvalue weighted by molar-refractivity contribution is -0.137. The van der Waals surface area contributed by atoms with E-state index < -0.39 is 29.2 Å². The van der Waals surface area contributed by atoms with Gasteiger partial charge in [0.1, 0.15) is 0 Å². The van der Waals surface area contributed by atoms with Crippen LogP contribution in [-0.2, 0) is 21.3 Å². The number of aliphatic hydroxyl groups is 1. The molecule has 8 nitrogen and oxygen atoms in total. The number of benzene rings is 2. The monoisotopic (exact) mass is 558 g/mol. The number of nitrogens with one attached hydrogen (secondary N) is 2. The molecule has 2 aromatic carbocycles. The predicted octanol–water partition coefficient (Wildman–Crippen LogP) is 3.34. The molecule has 3 N–H and O–H groups in total. The number of alkyl halides is 3. The standard InChI is InChI=1S/C29H33F3N4O4/c1-2-40-25-18-36(23-10-12-28(39,13-11-23)21-8-6-19(15-33)7-9-21)17-24(25)35-26(37)16-34-27(38)20-4-3-5-22(14-20)29(30,31)32/h3-9,14,23-25,39H,2,10-13,16-18H2,1H3,(H,34,38)(H,35,37)/t23?,24-,25-,28?/m0/s1. The van der Waals surface area contributed by atoms with Crippen LogP contribution in [0.2, 0.25) is 0 Å². The number of nitriles is 1. The molecule has 0 aromatic heterocycles. The molecule has 1 saturated carbocycles. The number of amides is 2. The molecule has 40 heavy (non-hydrogen) atoms. The first kappa shape index (κ1) is 29.5. The molecular formula is C29H33F3N4O4. The largest absolute Gasteiger partial charge is 0.416 e. The summed E-state index contributed by atoms with van der Waals surface area (Å²) in [6, 6.07) is 13.0. The predicted molar refractivity (Wildman–Crippen MR) is 140 cm³/mol. The van der Waals surface area contributed by atoms with Gasteiger partial charge in [0.2, 0.25) is 5.91 Å². The van der Waals surface area contributed by atoms with Crippen molar-refractivity contribution in [2.45, 2.75) is 62.6 Å². The van der Waals surface area contributed by atoms with Gasteiger partial charge in [-0.15, -0.1) is 0 Å². The van der Waals surface area contributed by atoms with Gasteiger partial charge in [0.05, 0.1) is 41.5 Å². The maximum atomic E-state index is 12.9. The molecule has 4 rings (SSSR count). The fourth-order valence-electron chi connectivity index (χ4n) is 5.57. The Labute approximate surface area is 231 Å². The van der Waals surface area contributed by atoms with Gasteiger partial charge < -0.3 is 20.5 Å². The van der Waals surface area contributed by atoms with Crippen molar-refractivity contribution in [3.63, 3.8) is 0 Å². The minimum absolute atomic E-state index is 0.180. The summed E-state index contributed by atoms with van der Waals surface area (Å²) in [7, 11) is 0. The Morgan fingerprint density at radius 1 is 1.15 bits per heavy atom. The van der Waals surface area contributed by atoms with Gasteiger partial charge in [-0.25, -0.2) is 0 Å². The number of carbonyl (C=O) groups excluding carboxylic acids is 2. The van der Waals surface area contributed by atoms with Crippen molar-refractivity contribution in [2.75, 3.05) is 26.2 Å². The molecule has 2 aliphatic rings. The topological polar surface area (TPSA) is 115 Å². The molecule has 1 aliphatic carbocycles. The van der Waals surface area contributed by atoms with Crippen LogP contribution < -0.4 is 10.6 Å². The van der Waals surface area contributed by atoms with Gasteiger partial charge >= 0.3 is 6.18 Å². The van der Waals surface area contributed by atoms with E-state index in [0.717, 1.165) is 36.6 Å². The first-order valence-corrected chi connectivity index (χ1v) is 13.4. The average Bonchev–Trinajstić information content (AvgIpc) is 3.33. The van der Waals surface area contributed by atoms with Crippen molar-refractivity contribution in [1.82, 2.24) is 15.5 Å². The fraction of sp³-hybridized carbons (Fsp3) is 0.483. The molecule has 1 aliphatic heterocycles. The van der Waals surface area contributed by atoms with Gasteiger partial charge in [-0.1, -0.05) is 18.2 Å². The second-order valence-corrected chi connectivity index (χ2v) is 10.3. The van der Waals surface area contributed by atoms with Gasteiger partial charge in [0.25, 0.3) is 5.91 Å². The van der Waals surface area contributed by atoms with Gasteiger partial charge in [-0.05, 0) is 68.5 Å². The Bertz CT molecular complexity index is 1240. The number of ether oxygens (including phenoxy) is 1. The molecule has 2 atom stereocenters. The molecule has 0 unspecified atom stereocenters. The van der Waals surface area contributed by atoms with Crippen molar-refractivity contribution in [3.8, 4) is 6.07 Å². The average molecular weight is 559 g/mol. The van der Waals surface area contributed by atoms with E-state index in [4.69, 9.17) is 10.00 Å². The van der Waals surface area contributed by atoms with Crippen LogP contribution in [0.3, 0.4) is 0 Å². The molecule has 0 bridgehead atoms. The van der Waals surface area contributed by atoms with Gasteiger partial charge in [0, 0.05) is 31.3 Å². The van der Waals surface area contributed by atoms with Crippen molar-refractivity contribution >= 4 is 11.8 Å². The summed E-state index contributed by atoms with van der Waals surface area (Å²) in [5.41, 5.74) is -0.720. The highest BCUT2D eigenvalue weighted by molar-refractivity contribution is 5.96. The van der Waals surface area contributed by atoms with Crippen molar-refractivity contribution < 1.29 is 32.6 Å². The molecule has 2 fully saturated rings. The molecule has 1 saturated heterocycles. The summed E-state index contributed by atoms with van der Waals surface area (Å²) in [4.78, 5) is 27.3. The summed E-state index contributed by atoms with van der Waals surface area (Å²) in [6.07, 6.45) is -2.19. The molecule has 0 radical (unpaired) electrons. The zero-order chi connectivity index (χ0) is 28.9. The highest BCUT2D eigenvalue weighted by atomic mass is 19.4. The third-order valence-electron chi connectivity index (χ3n) is 7.73. The van der Waals surface area contributed by atoms with Crippen LogP contribution in [-0.4, -0.2) is 66.2 Å². The fourth-order valence-corrected chi connectivity index (χ4v) is 5.57. The van der Waals surface area contributed by atoms with Crippen LogP contribution in [0.25, 0.3) is 0 Å². The van der Waals surface area contributed by atoms with E-state index >= 15 is 0 Å². The summed E-state index contributed by atoms with van der Waals surface area (Å²) in [5, 5.41) is 25.6. The van der Waals surface area contributed by atoms with Gasteiger partial charge in [0.15, 0.2) is 0 Å². The Balaban J connectivity index is 1.30. The van der Waals surface area contributed by atoms with Crippen LogP contribution in [0.4, 0.5) is 13.2 Å². The Morgan fingerprint density at radius 2 is 1.85 bits per heavy atom. The maximum absolute atomic E-state index is 12.9. The Morgan fingerprint density at radius 3 is 2.48 bits per heavy atom. The third kappa shape index (κ3) is 6.99. The zero-order valence-corrected chi connectivity index (χ0v) is 22.2.